The molecule has 3 heterocycles. The summed E-state index contributed by atoms with van der Waals surface area (Å²) < 4.78 is 5.55. The molecule has 0 atom stereocenters. The molecule has 23 heavy (non-hydrogen) atoms. The van der Waals surface area contributed by atoms with Gasteiger partial charge in [-0.2, -0.15) is 0 Å². The molecule has 1 fully saturated rings. The van der Waals surface area contributed by atoms with Crippen LogP contribution in [-0.2, 0) is 4.79 Å². The van der Waals surface area contributed by atoms with Gasteiger partial charge in [0, 0.05) is 26.2 Å². The zero-order chi connectivity index (χ0) is 16.4. The van der Waals surface area contributed by atoms with Crippen LogP contribution in [0, 0.1) is 6.92 Å². The van der Waals surface area contributed by atoms with Crippen molar-refractivity contribution in [2.75, 3.05) is 32.8 Å². The van der Waals surface area contributed by atoms with E-state index < -0.39 is 0 Å². The Labute approximate surface area is 137 Å². The topological polar surface area (TPSA) is 75.6 Å². The Morgan fingerprint density at radius 3 is 2.74 bits per heavy atom. The van der Waals surface area contributed by atoms with Gasteiger partial charge in [-0.3, -0.25) is 9.59 Å². The Morgan fingerprint density at radius 2 is 2.09 bits per heavy atom. The third kappa shape index (κ3) is 2.86. The summed E-state index contributed by atoms with van der Waals surface area (Å²) >= 11 is 1.37. The van der Waals surface area contributed by atoms with Gasteiger partial charge in [-0.1, -0.05) is 0 Å². The van der Waals surface area contributed by atoms with Crippen LogP contribution in [0.4, 0.5) is 0 Å². The van der Waals surface area contributed by atoms with Gasteiger partial charge in [-0.25, -0.2) is 9.97 Å². The first-order chi connectivity index (χ1) is 11.2. The summed E-state index contributed by atoms with van der Waals surface area (Å²) in [6.07, 6.45) is 2.29. The van der Waals surface area contributed by atoms with Gasteiger partial charge >= 0.3 is 0 Å². The number of ether oxygens (including phenoxy) is 1. The van der Waals surface area contributed by atoms with Gasteiger partial charge in [0.25, 0.3) is 5.91 Å². The fraction of sp³-hybridized carbons (Fsp3) is 0.467. The minimum absolute atomic E-state index is 0.0153. The quantitative estimate of drug-likeness (QED) is 0.788. The lowest BCUT2D eigenvalue weighted by atomic mass is 10.2. The molecular formula is C15H18N4O3S. The smallest absolute Gasteiger partial charge is 0.264 e. The van der Waals surface area contributed by atoms with Crippen LogP contribution in [0.5, 0.6) is 5.88 Å². The normalized spacial score (nSPS) is 15.0. The number of aryl methyl sites for hydroxylation is 1. The summed E-state index contributed by atoms with van der Waals surface area (Å²) in [7, 11) is 0. The van der Waals surface area contributed by atoms with E-state index >= 15 is 0 Å². The molecule has 1 aliphatic rings. The zero-order valence-corrected chi connectivity index (χ0v) is 13.9. The maximum Gasteiger partial charge on any atom is 0.264 e. The summed E-state index contributed by atoms with van der Waals surface area (Å²) in [4.78, 5) is 36.9. The van der Waals surface area contributed by atoms with Crippen LogP contribution in [0.25, 0.3) is 10.2 Å². The fourth-order valence-electron chi connectivity index (χ4n) is 2.66. The van der Waals surface area contributed by atoms with E-state index in [0.29, 0.717) is 43.5 Å². The molecule has 2 amide bonds. The number of amides is 2. The SMILES string of the molecule is CCOc1ncnc2sc(C(=O)N3CCN(C=O)CC3)c(C)c12. The molecule has 8 heteroatoms. The molecule has 3 rings (SSSR count). The zero-order valence-electron chi connectivity index (χ0n) is 13.1. The Morgan fingerprint density at radius 1 is 1.35 bits per heavy atom. The van der Waals surface area contributed by atoms with E-state index in [4.69, 9.17) is 4.74 Å². The monoisotopic (exact) mass is 334 g/mol. The Kier molecular flexibility index (Phi) is 4.42. The van der Waals surface area contributed by atoms with Crippen molar-refractivity contribution < 1.29 is 14.3 Å². The summed E-state index contributed by atoms with van der Waals surface area (Å²) in [5.74, 6) is 0.509. The molecule has 0 aromatic carbocycles. The van der Waals surface area contributed by atoms with E-state index in [1.54, 1.807) is 9.80 Å². The third-order valence-corrected chi connectivity index (χ3v) is 5.11. The van der Waals surface area contributed by atoms with E-state index in [-0.39, 0.29) is 5.91 Å². The number of rotatable bonds is 4. The lowest BCUT2D eigenvalue weighted by molar-refractivity contribution is -0.119. The molecule has 0 bridgehead atoms. The molecule has 0 N–H and O–H groups in total. The van der Waals surface area contributed by atoms with Crippen LogP contribution in [0.15, 0.2) is 6.33 Å². The molecule has 0 aliphatic carbocycles. The summed E-state index contributed by atoms with van der Waals surface area (Å²) in [6, 6.07) is 0. The molecule has 122 valence electrons. The van der Waals surface area contributed by atoms with Gasteiger partial charge in [0.05, 0.1) is 16.9 Å². The second-order valence-corrected chi connectivity index (χ2v) is 6.28. The molecule has 1 saturated heterocycles. The van der Waals surface area contributed by atoms with Crippen LogP contribution >= 0.6 is 11.3 Å². The van der Waals surface area contributed by atoms with Gasteiger partial charge in [-0.05, 0) is 19.4 Å². The van der Waals surface area contributed by atoms with E-state index in [1.165, 1.54) is 17.7 Å². The van der Waals surface area contributed by atoms with E-state index in [0.717, 1.165) is 22.2 Å². The van der Waals surface area contributed by atoms with Crippen LogP contribution in [-0.4, -0.2) is 64.9 Å². The fourth-order valence-corrected chi connectivity index (χ4v) is 3.77. The van der Waals surface area contributed by atoms with Crippen LogP contribution in [0.1, 0.15) is 22.2 Å². The molecule has 7 nitrogen and oxygen atoms in total. The number of hydrogen-bond donors (Lipinski definition) is 0. The van der Waals surface area contributed by atoms with Gasteiger partial charge in [0.1, 0.15) is 11.2 Å². The summed E-state index contributed by atoms with van der Waals surface area (Å²) in [6.45, 7) is 6.56. The number of hydrogen-bond acceptors (Lipinski definition) is 6. The van der Waals surface area contributed by atoms with Crippen molar-refractivity contribution in [3.63, 3.8) is 0 Å². The first-order valence-corrected chi connectivity index (χ1v) is 8.32. The standard InChI is InChI=1S/C15H18N4O3S/c1-3-22-13-11-10(2)12(23-14(11)17-8-16-13)15(21)19-6-4-18(9-20)5-7-19/h8-9H,3-7H2,1-2H3. The highest BCUT2D eigenvalue weighted by Gasteiger charge is 2.26. The molecular weight excluding hydrogens is 316 g/mol. The minimum atomic E-state index is -0.0153. The number of piperazine rings is 1. The number of carbonyl (C=O) groups excluding carboxylic acids is 2. The van der Waals surface area contributed by atoms with Crippen molar-refractivity contribution in [2.24, 2.45) is 0 Å². The average molecular weight is 334 g/mol. The second kappa shape index (κ2) is 6.49. The lowest BCUT2D eigenvalue weighted by Crippen LogP contribution is -2.48. The van der Waals surface area contributed by atoms with Crippen LogP contribution in [0.2, 0.25) is 0 Å². The Balaban J connectivity index is 1.91. The molecule has 2 aromatic heterocycles. The number of carbonyl (C=O) groups is 2. The predicted octanol–water partition coefficient (Wildman–Crippen LogP) is 1.31. The van der Waals surface area contributed by atoms with Crippen LogP contribution in [0.3, 0.4) is 0 Å². The van der Waals surface area contributed by atoms with E-state index in [1.807, 2.05) is 13.8 Å². The first-order valence-electron chi connectivity index (χ1n) is 7.51. The molecule has 1 aliphatic heterocycles. The summed E-state index contributed by atoms with van der Waals surface area (Å²) in [5, 5.41) is 0.814. The van der Waals surface area contributed by atoms with Crippen molar-refractivity contribution in [2.45, 2.75) is 13.8 Å². The van der Waals surface area contributed by atoms with Gasteiger partial charge in [0.15, 0.2) is 0 Å². The maximum atomic E-state index is 12.8. The maximum absolute atomic E-state index is 12.8. The highest BCUT2D eigenvalue weighted by Crippen LogP contribution is 2.35. The first kappa shape index (κ1) is 15.7. The van der Waals surface area contributed by atoms with Crippen molar-refractivity contribution in [1.29, 1.82) is 0 Å². The van der Waals surface area contributed by atoms with Crippen LogP contribution < -0.4 is 4.74 Å². The summed E-state index contributed by atoms with van der Waals surface area (Å²) in [5.41, 5.74) is 0.858. The van der Waals surface area contributed by atoms with E-state index in [9.17, 15) is 9.59 Å². The highest BCUT2D eigenvalue weighted by molar-refractivity contribution is 7.20. The molecule has 0 unspecified atom stereocenters. The molecule has 0 radical (unpaired) electrons. The highest BCUT2D eigenvalue weighted by atomic mass is 32.1. The van der Waals surface area contributed by atoms with Crippen molar-refractivity contribution in [1.82, 2.24) is 19.8 Å². The molecule has 2 aromatic rings. The lowest BCUT2D eigenvalue weighted by Gasteiger charge is -2.32. The number of nitrogens with zero attached hydrogens (tertiary/aromatic N) is 4. The van der Waals surface area contributed by atoms with Crippen molar-refractivity contribution in [3.8, 4) is 5.88 Å². The Hall–Kier alpha value is -2.22. The third-order valence-electron chi connectivity index (χ3n) is 3.92. The average Bonchev–Trinajstić information content (AvgIpc) is 2.92. The van der Waals surface area contributed by atoms with Gasteiger partial charge < -0.3 is 14.5 Å². The van der Waals surface area contributed by atoms with Crippen molar-refractivity contribution >= 4 is 33.9 Å². The minimum Gasteiger partial charge on any atom is -0.477 e. The molecule has 0 saturated carbocycles. The predicted molar refractivity (Wildman–Crippen MR) is 86.9 cm³/mol. The van der Waals surface area contributed by atoms with Crippen molar-refractivity contribution in [3.05, 3.63) is 16.8 Å². The number of fused-ring (bicyclic) bond motifs is 1. The largest absolute Gasteiger partial charge is 0.477 e. The van der Waals surface area contributed by atoms with Gasteiger partial charge in [-0.15, -0.1) is 11.3 Å². The number of thiophene rings is 1. The van der Waals surface area contributed by atoms with E-state index in [2.05, 4.69) is 9.97 Å². The molecule has 0 spiro atoms. The van der Waals surface area contributed by atoms with Gasteiger partial charge in [0.2, 0.25) is 12.3 Å². The number of aromatic nitrogens is 2. The second-order valence-electron chi connectivity index (χ2n) is 5.28. The Bertz CT molecular complexity index is 738.